The Labute approximate surface area is 89.5 Å². The summed E-state index contributed by atoms with van der Waals surface area (Å²) in [6, 6.07) is 0. The molecule has 0 N–H and O–H groups in total. The highest BCUT2D eigenvalue weighted by Crippen LogP contribution is 2.79. The molecule has 0 heterocycles. The summed E-state index contributed by atoms with van der Waals surface area (Å²) in [6.45, 7) is 12.3. The zero-order valence-corrected chi connectivity index (χ0v) is 10.6. The lowest BCUT2D eigenvalue weighted by atomic mass is 9.42. The van der Waals surface area contributed by atoms with Gasteiger partial charge in [-0.05, 0) is 47.8 Å². The molecule has 0 aromatic rings. The van der Waals surface area contributed by atoms with Crippen LogP contribution in [0.2, 0.25) is 0 Å². The average Bonchev–Trinajstić information content (AvgIpc) is 2.85. The van der Waals surface area contributed by atoms with Gasteiger partial charge < -0.3 is 0 Å². The SMILES string of the molecule is CCC(C)C1(C(C)C)C(C)CC12CC2. The lowest BCUT2D eigenvalue weighted by Gasteiger charge is -2.63. The molecule has 0 radical (unpaired) electrons. The van der Waals surface area contributed by atoms with Gasteiger partial charge in [-0.2, -0.15) is 0 Å². The first-order chi connectivity index (χ1) is 6.51. The quantitative estimate of drug-likeness (QED) is 0.621. The summed E-state index contributed by atoms with van der Waals surface area (Å²) in [5.41, 5.74) is 1.50. The minimum Gasteiger partial charge on any atom is -0.0651 e. The van der Waals surface area contributed by atoms with Crippen molar-refractivity contribution in [3.8, 4) is 0 Å². The average molecular weight is 194 g/mol. The lowest BCUT2D eigenvalue weighted by Crippen LogP contribution is -2.57. The van der Waals surface area contributed by atoms with E-state index in [0.29, 0.717) is 5.41 Å². The molecule has 0 nitrogen and oxygen atoms in total. The van der Waals surface area contributed by atoms with E-state index in [1.54, 1.807) is 0 Å². The molecule has 0 bridgehead atoms. The van der Waals surface area contributed by atoms with Gasteiger partial charge >= 0.3 is 0 Å². The van der Waals surface area contributed by atoms with Gasteiger partial charge in [-0.25, -0.2) is 0 Å². The van der Waals surface area contributed by atoms with Crippen molar-refractivity contribution < 1.29 is 0 Å². The molecular weight excluding hydrogens is 168 g/mol. The molecule has 0 saturated heterocycles. The summed E-state index contributed by atoms with van der Waals surface area (Å²) in [6.07, 6.45) is 5.94. The molecule has 82 valence electrons. The Bertz CT molecular complexity index is 217. The van der Waals surface area contributed by atoms with Crippen molar-refractivity contribution in [1.29, 1.82) is 0 Å². The number of hydrogen-bond donors (Lipinski definition) is 0. The summed E-state index contributed by atoms with van der Waals surface area (Å²) in [4.78, 5) is 0. The molecule has 1 spiro atoms. The normalized spacial score (nSPS) is 41.1. The largest absolute Gasteiger partial charge is 0.0651 e. The molecule has 14 heavy (non-hydrogen) atoms. The van der Waals surface area contributed by atoms with Gasteiger partial charge in [0, 0.05) is 0 Å². The van der Waals surface area contributed by atoms with Crippen LogP contribution < -0.4 is 0 Å². The van der Waals surface area contributed by atoms with Gasteiger partial charge in [0.1, 0.15) is 0 Å². The Morgan fingerprint density at radius 1 is 1.21 bits per heavy atom. The van der Waals surface area contributed by atoms with Crippen LogP contribution >= 0.6 is 0 Å². The van der Waals surface area contributed by atoms with E-state index in [0.717, 1.165) is 23.2 Å². The van der Waals surface area contributed by atoms with E-state index in [-0.39, 0.29) is 0 Å². The monoisotopic (exact) mass is 194 g/mol. The minimum absolute atomic E-state index is 0.696. The molecule has 0 aromatic heterocycles. The van der Waals surface area contributed by atoms with Crippen molar-refractivity contribution in [3.05, 3.63) is 0 Å². The summed E-state index contributed by atoms with van der Waals surface area (Å²) >= 11 is 0. The van der Waals surface area contributed by atoms with Crippen LogP contribution in [0.1, 0.15) is 60.3 Å². The van der Waals surface area contributed by atoms with Gasteiger partial charge in [-0.15, -0.1) is 0 Å². The Balaban J connectivity index is 2.30. The van der Waals surface area contributed by atoms with E-state index in [1.165, 1.54) is 25.7 Å². The number of hydrogen-bond acceptors (Lipinski definition) is 0. The molecular formula is C14H26. The Hall–Kier alpha value is 0. The summed E-state index contributed by atoms with van der Waals surface area (Å²) in [5.74, 6) is 2.78. The molecule has 2 fully saturated rings. The molecule has 0 aliphatic heterocycles. The number of rotatable bonds is 3. The van der Waals surface area contributed by atoms with Crippen LogP contribution in [0.5, 0.6) is 0 Å². The van der Waals surface area contributed by atoms with E-state index < -0.39 is 0 Å². The van der Waals surface area contributed by atoms with Gasteiger partial charge in [-0.3, -0.25) is 0 Å². The zero-order chi connectivity index (χ0) is 10.6. The fraction of sp³-hybridized carbons (Fsp3) is 1.00. The molecule has 2 rings (SSSR count). The smallest absolute Gasteiger partial charge is 0.0166 e. The second-order valence-electron chi connectivity index (χ2n) is 6.28. The van der Waals surface area contributed by atoms with Crippen LogP contribution in [-0.4, -0.2) is 0 Å². The van der Waals surface area contributed by atoms with Gasteiger partial charge in [0.2, 0.25) is 0 Å². The van der Waals surface area contributed by atoms with Crippen LogP contribution in [0.3, 0.4) is 0 Å². The highest BCUT2D eigenvalue weighted by molar-refractivity contribution is 5.19. The third kappa shape index (κ3) is 0.955. The summed E-state index contributed by atoms with van der Waals surface area (Å²) in [5, 5.41) is 0. The first kappa shape index (κ1) is 10.5. The van der Waals surface area contributed by atoms with Crippen LogP contribution in [0.4, 0.5) is 0 Å². The first-order valence-electron chi connectivity index (χ1n) is 6.51. The highest BCUT2D eigenvalue weighted by atomic mass is 14.8. The van der Waals surface area contributed by atoms with Crippen molar-refractivity contribution in [1.82, 2.24) is 0 Å². The van der Waals surface area contributed by atoms with Gasteiger partial charge in [-0.1, -0.05) is 41.0 Å². The lowest BCUT2D eigenvalue weighted by molar-refractivity contribution is -0.147. The standard InChI is InChI=1S/C14H26/c1-6-11(4)14(10(2)3)12(5)9-13(14)7-8-13/h10-12H,6-9H2,1-5H3. The molecule has 2 saturated carbocycles. The highest BCUT2D eigenvalue weighted by Gasteiger charge is 2.71. The summed E-state index contributed by atoms with van der Waals surface area (Å²) in [7, 11) is 0. The van der Waals surface area contributed by atoms with Gasteiger partial charge in [0.25, 0.3) is 0 Å². The molecule has 0 heteroatoms. The Morgan fingerprint density at radius 2 is 1.79 bits per heavy atom. The van der Waals surface area contributed by atoms with E-state index in [2.05, 4.69) is 34.6 Å². The zero-order valence-electron chi connectivity index (χ0n) is 10.6. The molecule has 0 aromatic carbocycles. The Morgan fingerprint density at radius 3 is 2.07 bits per heavy atom. The fourth-order valence-electron chi connectivity index (χ4n) is 5.21. The van der Waals surface area contributed by atoms with Crippen molar-refractivity contribution in [2.24, 2.45) is 28.6 Å². The second kappa shape index (κ2) is 3.00. The van der Waals surface area contributed by atoms with E-state index >= 15 is 0 Å². The molecule has 2 aliphatic carbocycles. The minimum atomic E-state index is 0.696. The van der Waals surface area contributed by atoms with Gasteiger partial charge in [0.15, 0.2) is 0 Å². The van der Waals surface area contributed by atoms with Crippen LogP contribution in [0.15, 0.2) is 0 Å². The molecule has 0 amide bonds. The van der Waals surface area contributed by atoms with Crippen molar-refractivity contribution in [3.63, 3.8) is 0 Å². The third-order valence-corrected chi connectivity index (χ3v) is 5.67. The predicted molar refractivity (Wildman–Crippen MR) is 62.2 cm³/mol. The van der Waals surface area contributed by atoms with Crippen molar-refractivity contribution in [2.75, 3.05) is 0 Å². The third-order valence-electron chi connectivity index (χ3n) is 5.67. The fourth-order valence-corrected chi connectivity index (χ4v) is 5.21. The van der Waals surface area contributed by atoms with Gasteiger partial charge in [0.05, 0.1) is 0 Å². The Kier molecular flexibility index (Phi) is 2.25. The first-order valence-corrected chi connectivity index (χ1v) is 6.51. The van der Waals surface area contributed by atoms with E-state index in [1.807, 2.05) is 0 Å². The maximum Gasteiger partial charge on any atom is -0.0166 e. The van der Waals surface area contributed by atoms with Crippen molar-refractivity contribution in [2.45, 2.75) is 60.3 Å². The van der Waals surface area contributed by atoms with E-state index in [4.69, 9.17) is 0 Å². The maximum atomic E-state index is 2.50. The van der Waals surface area contributed by atoms with Crippen LogP contribution in [0, 0.1) is 28.6 Å². The maximum absolute atomic E-state index is 2.50. The van der Waals surface area contributed by atoms with Crippen LogP contribution in [-0.2, 0) is 0 Å². The topological polar surface area (TPSA) is 0 Å². The van der Waals surface area contributed by atoms with Crippen molar-refractivity contribution >= 4 is 0 Å². The molecule has 2 aliphatic rings. The molecule has 3 atom stereocenters. The van der Waals surface area contributed by atoms with E-state index in [9.17, 15) is 0 Å². The van der Waals surface area contributed by atoms with Crippen LogP contribution in [0.25, 0.3) is 0 Å². The predicted octanol–water partition coefficient (Wildman–Crippen LogP) is 4.49. The second-order valence-corrected chi connectivity index (χ2v) is 6.28. The molecule has 3 unspecified atom stereocenters. The summed E-state index contributed by atoms with van der Waals surface area (Å²) < 4.78 is 0.